The maximum Gasteiger partial charge on any atom is 0.414 e. The Kier molecular flexibility index (Phi) is 6.69. The minimum Gasteiger partial charge on any atom is -0.473 e. The van der Waals surface area contributed by atoms with Crippen LogP contribution in [0.5, 0.6) is 0 Å². The summed E-state index contributed by atoms with van der Waals surface area (Å²) in [6, 6.07) is 0.615. The number of nitrogens with two attached hydrogens (primary N) is 1. The Hall–Kier alpha value is -1.14. The van der Waals surface area contributed by atoms with Crippen molar-refractivity contribution in [2.75, 3.05) is 0 Å². The fraction of sp³-hybridized carbons (Fsp3) is 0.750. The van der Waals surface area contributed by atoms with E-state index in [1.807, 2.05) is 0 Å². The van der Waals surface area contributed by atoms with Crippen molar-refractivity contribution in [1.82, 2.24) is 5.43 Å². The molecule has 0 unspecified atom stereocenters. The van der Waals surface area contributed by atoms with Gasteiger partial charge in [0.2, 0.25) is 0 Å². The molecule has 0 aromatic heterocycles. The van der Waals surface area contributed by atoms with E-state index in [1.165, 1.54) is 32.1 Å². The van der Waals surface area contributed by atoms with Crippen LogP contribution in [0.4, 0.5) is 0 Å². The highest BCUT2D eigenvalue weighted by Crippen LogP contribution is 2.16. The molecule has 14 heavy (non-hydrogen) atoms. The average Bonchev–Trinajstić information content (AvgIpc) is 2.20. The second-order valence-corrected chi connectivity index (χ2v) is 3.11. The number of aliphatic carboxylic acids is 2. The molecule has 5 N–H and O–H groups in total. The number of hydrazine groups is 1. The van der Waals surface area contributed by atoms with E-state index in [1.54, 1.807) is 0 Å². The molecule has 0 aromatic rings. The normalized spacial score (nSPS) is 16.6. The molecule has 0 heterocycles. The molecule has 1 rings (SSSR count). The van der Waals surface area contributed by atoms with E-state index in [4.69, 9.17) is 25.6 Å². The van der Waals surface area contributed by atoms with E-state index in [0.29, 0.717) is 6.04 Å². The molecular formula is C8H16N2O4. The molecule has 1 aliphatic carbocycles. The number of carboxylic acids is 2. The topological polar surface area (TPSA) is 113 Å². The Balaban J connectivity index is 0.000000255. The van der Waals surface area contributed by atoms with Crippen LogP contribution in [0.3, 0.4) is 0 Å². The molecule has 0 amide bonds. The van der Waals surface area contributed by atoms with Crippen LogP contribution in [0, 0.1) is 0 Å². The third kappa shape index (κ3) is 6.38. The lowest BCUT2D eigenvalue weighted by atomic mass is 9.96. The van der Waals surface area contributed by atoms with Gasteiger partial charge in [-0.1, -0.05) is 19.3 Å². The van der Waals surface area contributed by atoms with Crippen molar-refractivity contribution < 1.29 is 19.8 Å². The van der Waals surface area contributed by atoms with E-state index >= 15 is 0 Å². The minimum atomic E-state index is -1.82. The zero-order valence-electron chi connectivity index (χ0n) is 7.90. The van der Waals surface area contributed by atoms with Crippen LogP contribution in [0.2, 0.25) is 0 Å². The second kappa shape index (κ2) is 7.28. The maximum absolute atomic E-state index is 9.10. The summed E-state index contributed by atoms with van der Waals surface area (Å²) in [5.74, 6) is 1.61. The average molecular weight is 204 g/mol. The smallest absolute Gasteiger partial charge is 0.414 e. The molecule has 6 nitrogen and oxygen atoms in total. The van der Waals surface area contributed by atoms with Crippen molar-refractivity contribution in [2.24, 2.45) is 5.84 Å². The van der Waals surface area contributed by atoms with Crippen LogP contribution in [0.15, 0.2) is 0 Å². The first-order chi connectivity index (χ1) is 6.57. The number of carboxylic acid groups (broad SMARTS) is 2. The van der Waals surface area contributed by atoms with Crippen molar-refractivity contribution in [3.05, 3.63) is 0 Å². The molecule has 1 saturated carbocycles. The SMILES string of the molecule is NNC1CCCCC1.O=C(O)C(=O)O. The molecule has 0 spiro atoms. The highest BCUT2D eigenvalue weighted by molar-refractivity contribution is 6.27. The largest absolute Gasteiger partial charge is 0.473 e. The zero-order chi connectivity index (χ0) is 11.0. The minimum absolute atomic E-state index is 0.615. The lowest BCUT2D eigenvalue weighted by molar-refractivity contribution is -0.159. The molecule has 1 aliphatic rings. The van der Waals surface area contributed by atoms with Gasteiger partial charge in [0.05, 0.1) is 0 Å². The predicted molar refractivity (Wildman–Crippen MR) is 49.5 cm³/mol. The number of nitrogens with one attached hydrogen (secondary N) is 1. The van der Waals surface area contributed by atoms with Gasteiger partial charge in [-0.05, 0) is 12.8 Å². The standard InChI is InChI=1S/C6H14N2.C2H2O4/c7-8-6-4-2-1-3-5-6;3-1(4)2(5)6/h6,8H,1-5,7H2;(H,3,4)(H,5,6). The van der Waals surface area contributed by atoms with Crippen molar-refractivity contribution in [3.8, 4) is 0 Å². The van der Waals surface area contributed by atoms with E-state index in [9.17, 15) is 0 Å². The van der Waals surface area contributed by atoms with Crippen LogP contribution >= 0.6 is 0 Å². The Morgan fingerprint density at radius 2 is 1.50 bits per heavy atom. The number of carbonyl (C=O) groups is 2. The van der Waals surface area contributed by atoms with Crippen LogP contribution < -0.4 is 11.3 Å². The van der Waals surface area contributed by atoms with E-state index in [2.05, 4.69) is 5.43 Å². The first-order valence-corrected chi connectivity index (χ1v) is 4.50. The Bertz CT molecular complexity index is 178. The Morgan fingerprint density at radius 3 is 1.71 bits per heavy atom. The molecule has 0 bridgehead atoms. The van der Waals surface area contributed by atoms with Gasteiger partial charge in [-0.3, -0.25) is 11.3 Å². The fourth-order valence-corrected chi connectivity index (χ4v) is 1.27. The second-order valence-electron chi connectivity index (χ2n) is 3.11. The third-order valence-corrected chi connectivity index (χ3v) is 2.02. The van der Waals surface area contributed by atoms with Gasteiger partial charge in [-0.15, -0.1) is 0 Å². The summed E-state index contributed by atoms with van der Waals surface area (Å²) in [7, 11) is 0. The summed E-state index contributed by atoms with van der Waals surface area (Å²) in [5, 5.41) is 14.8. The van der Waals surface area contributed by atoms with Crippen molar-refractivity contribution >= 4 is 11.9 Å². The molecule has 0 aromatic carbocycles. The molecule has 0 saturated heterocycles. The van der Waals surface area contributed by atoms with Crippen molar-refractivity contribution in [1.29, 1.82) is 0 Å². The highest BCUT2D eigenvalue weighted by atomic mass is 16.4. The summed E-state index contributed by atoms with van der Waals surface area (Å²) < 4.78 is 0. The summed E-state index contributed by atoms with van der Waals surface area (Å²) in [6.45, 7) is 0. The lowest BCUT2D eigenvalue weighted by Crippen LogP contribution is -2.36. The van der Waals surface area contributed by atoms with Crippen LogP contribution in [0.25, 0.3) is 0 Å². The Labute approximate surface area is 82.1 Å². The van der Waals surface area contributed by atoms with Gasteiger partial charge in [0.1, 0.15) is 0 Å². The molecule has 0 atom stereocenters. The van der Waals surface area contributed by atoms with Crippen molar-refractivity contribution in [2.45, 2.75) is 38.1 Å². The summed E-state index contributed by atoms with van der Waals surface area (Å²) in [5.41, 5.74) is 2.80. The molecule has 0 aliphatic heterocycles. The zero-order valence-corrected chi connectivity index (χ0v) is 7.90. The van der Waals surface area contributed by atoms with E-state index < -0.39 is 11.9 Å². The summed E-state index contributed by atoms with van der Waals surface area (Å²) in [4.78, 5) is 18.2. The molecule has 6 heteroatoms. The van der Waals surface area contributed by atoms with Gasteiger partial charge in [0, 0.05) is 6.04 Å². The van der Waals surface area contributed by atoms with Gasteiger partial charge >= 0.3 is 11.9 Å². The number of hydrogen-bond acceptors (Lipinski definition) is 4. The maximum atomic E-state index is 9.10. The predicted octanol–water partition coefficient (Wildman–Crippen LogP) is -0.0620. The van der Waals surface area contributed by atoms with E-state index in [-0.39, 0.29) is 0 Å². The van der Waals surface area contributed by atoms with E-state index in [0.717, 1.165) is 0 Å². The highest BCUT2D eigenvalue weighted by Gasteiger charge is 2.09. The molecule has 1 fully saturated rings. The number of hydrogen-bond donors (Lipinski definition) is 4. The number of rotatable bonds is 1. The lowest BCUT2D eigenvalue weighted by Gasteiger charge is -2.19. The first kappa shape index (κ1) is 12.9. The van der Waals surface area contributed by atoms with Gasteiger partial charge in [-0.2, -0.15) is 0 Å². The molecular weight excluding hydrogens is 188 g/mol. The van der Waals surface area contributed by atoms with Gasteiger partial charge in [-0.25, -0.2) is 9.59 Å². The molecule has 82 valence electrons. The van der Waals surface area contributed by atoms with Crippen LogP contribution in [0.1, 0.15) is 32.1 Å². The Morgan fingerprint density at radius 1 is 1.07 bits per heavy atom. The summed E-state index contributed by atoms with van der Waals surface area (Å²) in [6.07, 6.45) is 6.66. The van der Waals surface area contributed by atoms with Gasteiger partial charge < -0.3 is 10.2 Å². The third-order valence-electron chi connectivity index (χ3n) is 2.02. The summed E-state index contributed by atoms with van der Waals surface area (Å²) >= 11 is 0. The first-order valence-electron chi connectivity index (χ1n) is 4.50. The van der Waals surface area contributed by atoms with Crippen LogP contribution in [-0.2, 0) is 9.59 Å². The monoisotopic (exact) mass is 204 g/mol. The van der Waals surface area contributed by atoms with Crippen molar-refractivity contribution in [3.63, 3.8) is 0 Å². The molecule has 0 radical (unpaired) electrons. The quantitative estimate of drug-likeness (QED) is 0.270. The van der Waals surface area contributed by atoms with Gasteiger partial charge in [0.15, 0.2) is 0 Å². The fourth-order valence-electron chi connectivity index (χ4n) is 1.27. The van der Waals surface area contributed by atoms with Crippen LogP contribution in [-0.4, -0.2) is 28.2 Å². The van der Waals surface area contributed by atoms with Gasteiger partial charge in [0.25, 0.3) is 0 Å².